The summed E-state index contributed by atoms with van der Waals surface area (Å²) in [5.74, 6) is 0.813. The van der Waals surface area contributed by atoms with E-state index >= 15 is 0 Å². The molecule has 0 aromatic rings. The number of nitrogens with one attached hydrogen (secondary N) is 1. The van der Waals surface area contributed by atoms with Crippen molar-refractivity contribution in [1.29, 1.82) is 0 Å². The van der Waals surface area contributed by atoms with Crippen LogP contribution in [0.5, 0.6) is 0 Å². The lowest BCUT2D eigenvalue weighted by Gasteiger charge is -2.12. The van der Waals surface area contributed by atoms with Crippen LogP contribution >= 0.6 is 11.8 Å². The Morgan fingerprint density at radius 1 is 1.70 bits per heavy atom. The molecule has 1 fully saturated rings. The second-order valence-electron chi connectivity index (χ2n) is 2.38. The fraction of sp³-hybridized carbons (Fsp3) is 0.833. The van der Waals surface area contributed by atoms with Gasteiger partial charge < -0.3 is 10.4 Å². The quantitative estimate of drug-likeness (QED) is 0.599. The highest BCUT2D eigenvalue weighted by Gasteiger charge is 2.31. The van der Waals surface area contributed by atoms with E-state index in [1.165, 1.54) is 0 Å². The van der Waals surface area contributed by atoms with E-state index < -0.39 is 5.97 Å². The van der Waals surface area contributed by atoms with Gasteiger partial charge in [-0.15, -0.1) is 0 Å². The van der Waals surface area contributed by atoms with Crippen molar-refractivity contribution < 1.29 is 9.90 Å². The van der Waals surface area contributed by atoms with E-state index in [4.69, 9.17) is 5.11 Å². The van der Waals surface area contributed by atoms with Crippen LogP contribution in [-0.4, -0.2) is 35.7 Å². The first-order chi connectivity index (χ1) is 4.75. The third kappa shape index (κ3) is 1.44. The summed E-state index contributed by atoms with van der Waals surface area (Å²) in [6.07, 6.45) is 0. The highest BCUT2D eigenvalue weighted by atomic mass is 32.2. The van der Waals surface area contributed by atoms with Crippen molar-refractivity contribution in [2.24, 2.45) is 5.92 Å². The second-order valence-corrected chi connectivity index (χ2v) is 3.45. The molecule has 0 bridgehead atoms. The predicted octanol–water partition coefficient (Wildman–Crippen LogP) is 0.0220. The highest BCUT2D eigenvalue weighted by molar-refractivity contribution is 7.99. The van der Waals surface area contributed by atoms with Gasteiger partial charge in [0.15, 0.2) is 0 Å². The van der Waals surface area contributed by atoms with Crippen LogP contribution < -0.4 is 5.32 Å². The van der Waals surface area contributed by atoms with E-state index in [1.807, 2.05) is 7.05 Å². The molecule has 1 heterocycles. The standard InChI is InChI=1S/C6H11NO2S/c1-7-5-3-10-2-4(5)6(8)9/h4-5,7H,2-3H2,1H3,(H,8,9). The molecule has 1 aliphatic rings. The molecule has 0 aromatic carbocycles. The van der Waals surface area contributed by atoms with Gasteiger partial charge in [0.05, 0.1) is 5.92 Å². The number of carbonyl (C=O) groups is 1. The molecule has 0 saturated carbocycles. The zero-order chi connectivity index (χ0) is 7.56. The van der Waals surface area contributed by atoms with Gasteiger partial charge in [0.25, 0.3) is 0 Å². The Bertz CT molecular complexity index is 140. The van der Waals surface area contributed by atoms with Crippen molar-refractivity contribution in [3.63, 3.8) is 0 Å². The molecule has 2 N–H and O–H groups in total. The van der Waals surface area contributed by atoms with E-state index in [9.17, 15) is 4.79 Å². The predicted molar refractivity (Wildman–Crippen MR) is 41.3 cm³/mol. The summed E-state index contributed by atoms with van der Waals surface area (Å²) >= 11 is 1.70. The molecule has 0 spiro atoms. The Morgan fingerprint density at radius 3 is 2.80 bits per heavy atom. The summed E-state index contributed by atoms with van der Waals surface area (Å²) in [7, 11) is 1.81. The lowest BCUT2D eigenvalue weighted by atomic mass is 10.1. The lowest BCUT2D eigenvalue weighted by molar-refractivity contribution is -0.141. The monoisotopic (exact) mass is 161 g/mol. The molecule has 3 nitrogen and oxygen atoms in total. The molecule has 2 unspecified atom stereocenters. The van der Waals surface area contributed by atoms with Crippen LogP contribution in [-0.2, 0) is 4.79 Å². The Morgan fingerprint density at radius 2 is 2.40 bits per heavy atom. The van der Waals surface area contributed by atoms with E-state index in [2.05, 4.69) is 5.32 Å². The van der Waals surface area contributed by atoms with Gasteiger partial charge in [-0.25, -0.2) is 0 Å². The second kappa shape index (κ2) is 3.25. The maximum Gasteiger partial charge on any atom is 0.308 e. The van der Waals surface area contributed by atoms with Gasteiger partial charge in [-0.3, -0.25) is 4.79 Å². The SMILES string of the molecule is CNC1CSCC1C(=O)O. The molecule has 0 radical (unpaired) electrons. The molecule has 4 heteroatoms. The van der Waals surface area contributed by atoms with Crippen LogP contribution in [0.2, 0.25) is 0 Å². The minimum atomic E-state index is -0.677. The van der Waals surface area contributed by atoms with Crippen LogP contribution in [0.3, 0.4) is 0 Å². The normalized spacial score (nSPS) is 32.5. The van der Waals surface area contributed by atoms with Gasteiger partial charge in [-0.2, -0.15) is 11.8 Å². The summed E-state index contributed by atoms with van der Waals surface area (Å²) in [4.78, 5) is 10.5. The van der Waals surface area contributed by atoms with Gasteiger partial charge >= 0.3 is 5.97 Å². The van der Waals surface area contributed by atoms with Crippen LogP contribution in [0, 0.1) is 5.92 Å². The lowest BCUT2D eigenvalue weighted by Crippen LogP contribution is -2.36. The maximum absolute atomic E-state index is 10.5. The number of thioether (sulfide) groups is 1. The van der Waals surface area contributed by atoms with Gasteiger partial charge in [-0.05, 0) is 7.05 Å². The molecule has 0 aromatic heterocycles. The Hall–Kier alpha value is -0.220. The summed E-state index contributed by atoms with van der Waals surface area (Å²) < 4.78 is 0. The number of carboxylic acid groups (broad SMARTS) is 1. The van der Waals surface area contributed by atoms with E-state index in [0.717, 1.165) is 11.5 Å². The van der Waals surface area contributed by atoms with Crippen molar-refractivity contribution in [3.05, 3.63) is 0 Å². The molecule has 58 valence electrons. The number of hydrogen-bond donors (Lipinski definition) is 2. The van der Waals surface area contributed by atoms with Gasteiger partial charge in [0.2, 0.25) is 0 Å². The average molecular weight is 161 g/mol. The summed E-state index contributed by atoms with van der Waals surface area (Å²) in [6, 6.07) is 0.169. The molecular formula is C6H11NO2S. The largest absolute Gasteiger partial charge is 0.481 e. The molecule has 1 aliphatic heterocycles. The fourth-order valence-electron chi connectivity index (χ4n) is 1.08. The summed E-state index contributed by atoms with van der Waals surface area (Å²) in [5, 5.41) is 11.7. The van der Waals surface area contributed by atoms with Crippen LogP contribution in [0.4, 0.5) is 0 Å². The van der Waals surface area contributed by atoms with Crippen molar-refractivity contribution in [3.8, 4) is 0 Å². The number of aliphatic carboxylic acids is 1. The van der Waals surface area contributed by atoms with Crippen molar-refractivity contribution in [2.45, 2.75) is 6.04 Å². The molecular weight excluding hydrogens is 150 g/mol. The van der Waals surface area contributed by atoms with Gasteiger partial charge in [0.1, 0.15) is 0 Å². The molecule has 10 heavy (non-hydrogen) atoms. The summed E-state index contributed by atoms with van der Waals surface area (Å²) in [5.41, 5.74) is 0. The molecule has 2 atom stereocenters. The van der Waals surface area contributed by atoms with Crippen molar-refractivity contribution in [2.75, 3.05) is 18.6 Å². The van der Waals surface area contributed by atoms with Gasteiger partial charge in [0, 0.05) is 17.5 Å². The first kappa shape index (κ1) is 7.88. The Kier molecular flexibility index (Phi) is 2.56. The third-order valence-corrected chi connectivity index (χ3v) is 2.96. The molecule has 0 amide bonds. The molecule has 1 rings (SSSR count). The number of carboxylic acids is 1. The van der Waals surface area contributed by atoms with E-state index in [0.29, 0.717) is 0 Å². The zero-order valence-corrected chi connectivity index (χ0v) is 6.65. The Labute approximate surface area is 64.2 Å². The maximum atomic E-state index is 10.5. The highest BCUT2D eigenvalue weighted by Crippen LogP contribution is 2.23. The van der Waals surface area contributed by atoms with Crippen molar-refractivity contribution in [1.82, 2.24) is 5.32 Å². The fourth-order valence-corrected chi connectivity index (χ4v) is 2.50. The topological polar surface area (TPSA) is 49.3 Å². The number of hydrogen-bond acceptors (Lipinski definition) is 3. The first-order valence-corrected chi connectivity index (χ1v) is 4.39. The van der Waals surface area contributed by atoms with Gasteiger partial charge in [-0.1, -0.05) is 0 Å². The first-order valence-electron chi connectivity index (χ1n) is 3.23. The van der Waals surface area contributed by atoms with Crippen molar-refractivity contribution >= 4 is 17.7 Å². The van der Waals surface area contributed by atoms with E-state index in [-0.39, 0.29) is 12.0 Å². The Balaban J connectivity index is 2.50. The summed E-state index contributed by atoms with van der Waals surface area (Å²) in [6.45, 7) is 0. The van der Waals surface area contributed by atoms with Crippen LogP contribution in [0.25, 0.3) is 0 Å². The molecule has 0 aliphatic carbocycles. The van der Waals surface area contributed by atoms with Crippen LogP contribution in [0.1, 0.15) is 0 Å². The zero-order valence-electron chi connectivity index (χ0n) is 5.83. The number of rotatable bonds is 2. The van der Waals surface area contributed by atoms with E-state index in [1.54, 1.807) is 11.8 Å². The minimum Gasteiger partial charge on any atom is -0.481 e. The smallest absolute Gasteiger partial charge is 0.308 e. The third-order valence-electron chi connectivity index (χ3n) is 1.77. The van der Waals surface area contributed by atoms with Crippen LogP contribution in [0.15, 0.2) is 0 Å². The average Bonchev–Trinajstić information content (AvgIpc) is 2.33. The molecule has 1 saturated heterocycles. The minimum absolute atomic E-state index is 0.169.